The number of anilines is 1. The Morgan fingerprint density at radius 2 is 1.95 bits per heavy atom. The smallest absolute Gasteiger partial charge is 0.250 e. The van der Waals surface area contributed by atoms with Gasteiger partial charge in [-0.25, -0.2) is 0 Å². The first-order valence-electron chi connectivity index (χ1n) is 6.15. The molecule has 2 amide bonds. The Morgan fingerprint density at radius 1 is 1.30 bits per heavy atom. The molecule has 1 heterocycles. The molecule has 0 aliphatic carbocycles. The predicted molar refractivity (Wildman–Crippen MR) is 83.3 cm³/mol. The van der Waals surface area contributed by atoms with Gasteiger partial charge in [-0.1, -0.05) is 30.1 Å². The summed E-state index contributed by atoms with van der Waals surface area (Å²) in [6.45, 7) is 3.50. The molecule has 2 unspecified atom stereocenters. The zero-order valence-electron chi connectivity index (χ0n) is 10.9. The van der Waals surface area contributed by atoms with Crippen molar-refractivity contribution in [2.75, 3.05) is 4.90 Å². The molecule has 2 atom stereocenters. The minimum absolute atomic E-state index is 0.181. The lowest BCUT2D eigenvalue weighted by Gasteiger charge is -2.37. The summed E-state index contributed by atoms with van der Waals surface area (Å²) in [6, 6.07) is 2.23. The van der Waals surface area contributed by atoms with E-state index in [-0.39, 0.29) is 16.8 Å². The first kappa shape index (κ1) is 15.6. The summed E-state index contributed by atoms with van der Waals surface area (Å²) in [5, 5.41) is 3.27. The molecule has 20 heavy (non-hydrogen) atoms. The van der Waals surface area contributed by atoms with Crippen molar-refractivity contribution in [3.8, 4) is 0 Å². The molecular weight excluding hydrogens is 367 g/mol. The highest BCUT2D eigenvalue weighted by Crippen LogP contribution is 2.39. The summed E-state index contributed by atoms with van der Waals surface area (Å²) in [7, 11) is 0. The quantitative estimate of drug-likeness (QED) is 0.800. The zero-order valence-corrected chi connectivity index (χ0v) is 14.0. The van der Waals surface area contributed by atoms with Crippen LogP contribution in [0.3, 0.4) is 0 Å². The van der Waals surface area contributed by atoms with E-state index >= 15 is 0 Å². The first-order chi connectivity index (χ1) is 9.38. The molecule has 0 bridgehead atoms. The third-order valence-corrected chi connectivity index (χ3v) is 5.06. The number of carbonyl (C=O) groups is 2. The molecule has 1 fully saturated rings. The Balaban J connectivity index is 2.51. The van der Waals surface area contributed by atoms with E-state index in [2.05, 4.69) is 21.2 Å². The predicted octanol–water partition coefficient (Wildman–Crippen LogP) is 3.39. The molecule has 0 spiro atoms. The van der Waals surface area contributed by atoms with E-state index in [1.165, 1.54) is 4.90 Å². The van der Waals surface area contributed by atoms with Gasteiger partial charge in [-0.15, -0.1) is 0 Å². The van der Waals surface area contributed by atoms with Gasteiger partial charge in [-0.2, -0.15) is 0 Å². The van der Waals surface area contributed by atoms with Gasteiger partial charge in [0.15, 0.2) is 0 Å². The maximum Gasteiger partial charge on any atom is 0.250 e. The van der Waals surface area contributed by atoms with Crippen LogP contribution in [0.4, 0.5) is 5.69 Å². The maximum atomic E-state index is 12.5. The number of benzene rings is 1. The molecule has 4 nitrogen and oxygen atoms in total. The third-order valence-electron chi connectivity index (χ3n) is 3.30. The maximum absolute atomic E-state index is 12.5. The van der Waals surface area contributed by atoms with Crippen LogP contribution in [0.25, 0.3) is 0 Å². The molecule has 1 saturated heterocycles. The van der Waals surface area contributed by atoms with Crippen LogP contribution in [-0.4, -0.2) is 23.9 Å². The average molecular weight is 380 g/mol. The van der Waals surface area contributed by atoms with Crippen LogP contribution in [-0.2, 0) is 9.59 Å². The molecule has 7 heteroatoms. The van der Waals surface area contributed by atoms with Crippen molar-refractivity contribution in [2.24, 2.45) is 0 Å². The van der Waals surface area contributed by atoms with E-state index < -0.39 is 12.1 Å². The van der Waals surface area contributed by atoms with Gasteiger partial charge in [0.2, 0.25) is 11.8 Å². The second-order valence-corrected chi connectivity index (χ2v) is 6.16. The monoisotopic (exact) mass is 378 g/mol. The molecular formula is C13H13BrCl2N2O2. The Kier molecular flexibility index (Phi) is 4.62. The topological polar surface area (TPSA) is 49.4 Å². The van der Waals surface area contributed by atoms with Crippen LogP contribution in [0.15, 0.2) is 16.6 Å². The Bertz CT molecular complexity index is 580. The molecule has 1 aromatic carbocycles. The van der Waals surface area contributed by atoms with Gasteiger partial charge in [0, 0.05) is 4.47 Å². The lowest BCUT2D eigenvalue weighted by Crippen LogP contribution is -2.62. The van der Waals surface area contributed by atoms with Crippen LogP contribution < -0.4 is 10.2 Å². The third kappa shape index (κ3) is 2.54. The highest BCUT2D eigenvalue weighted by Gasteiger charge is 2.39. The van der Waals surface area contributed by atoms with Gasteiger partial charge in [0.1, 0.15) is 12.1 Å². The number of nitrogens with zero attached hydrogens (tertiary/aromatic N) is 1. The SMILES string of the molecule is CCC1NC(=O)C(C)N(c2ccc(Br)c(Cl)c2Cl)C1=O. The van der Waals surface area contributed by atoms with Crippen molar-refractivity contribution in [1.82, 2.24) is 5.32 Å². The fourth-order valence-electron chi connectivity index (χ4n) is 2.14. The van der Waals surface area contributed by atoms with Gasteiger partial charge in [0.05, 0.1) is 15.7 Å². The number of rotatable bonds is 2. The fraction of sp³-hybridized carbons (Fsp3) is 0.385. The van der Waals surface area contributed by atoms with Crippen LogP contribution >= 0.6 is 39.1 Å². The van der Waals surface area contributed by atoms with E-state index in [4.69, 9.17) is 23.2 Å². The Hall–Kier alpha value is -0.780. The van der Waals surface area contributed by atoms with Crippen LogP contribution in [0.2, 0.25) is 10.0 Å². The van der Waals surface area contributed by atoms with Gasteiger partial charge in [-0.3, -0.25) is 14.5 Å². The van der Waals surface area contributed by atoms with Gasteiger partial charge in [0.25, 0.3) is 0 Å². The average Bonchev–Trinajstić information content (AvgIpc) is 2.42. The molecule has 0 radical (unpaired) electrons. The molecule has 2 rings (SSSR count). The summed E-state index contributed by atoms with van der Waals surface area (Å²) in [5.74, 6) is -0.383. The minimum Gasteiger partial charge on any atom is -0.343 e. The van der Waals surface area contributed by atoms with Crippen LogP contribution in [0, 0.1) is 0 Å². The Morgan fingerprint density at radius 3 is 2.55 bits per heavy atom. The summed E-state index contributed by atoms with van der Waals surface area (Å²) in [4.78, 5) is 25.8. The van der Waals surface area contributed by atoms with E-state index in [0.717, 1.165) is 0 Å². The van der Waals surface area contributed by atoms with Gasteiger partial charge in [-0.05, 0) is 41.4 Å². The molecule has 1 aromatic rings. The van der Waals surface area contributed by atoms with Gasteiger partial charge >= 0.3 is 0 Å². The molecule has 0 saturated carbocycles. The largest absolute Gasteiger partial charge is 0.343 e. The van der Waals surface area contributed by atoms with Crippen LogP contribution in [0.1, 0.15) is 20.3 Å². The summed E-state index contributed by atoms with van der Waals surface area (Å²) < 4.78 is 0.640. The van der Waals surface area contributed by atoms with Crippen molar-refractivity contribution in [3.05, 3.63) is 26.7 Å². The van der Waals surface area contributed by atoms with E-state index in [0.29, 0.717) is 21.6 Å². The second kappa shape index (κ2) is 5.92. The normalized spacial score (nSPS) is 22.9. The number of nitrogens with one attached hydrogen (secondary N) is 1. The number of piperazine rings is 1. The Labute approximate surface area is 135 Å². The second-order valence-electron chi connectivity index (χ2n) is 4.55. The highest BCUT2D eigenvalue weighted by atomic mass is 79.9. The van der Waals surface area contributed by atoms with Crippen molar-refractivity contribution in [2.45, 2.75) is 32.4 Å². The summed E-state index contributed by atoms with van der Waals surface area (Å²) in [6.07, 6.45) is 0.523. The molecule has 1 N–H and O–H groups in total. The molecule has 108 valence electrons. The lowest BCUT2D eigenvalue weighted by atomic mass is 10.1. The first-order valence-corrected chi connectivity index (χ1v) is 7.70. The van der Waals surface area contributed by atoms with E-state index in [1.807, 2.05) is 6.92 Å². The highest BCUT2D eigenvalue weighted by molar-refractivity contribution is 9.10. The number of carbonyl (C=O) groups excluding carboxylic acids is 2. The number of amides is 2. The summed E-state index contributed by atoms with van der Waals surface area (Å²) >= 11 is 15.6. The number of hydrogen-bond donors (Lipinski definition) is 1. The lowest BCUT2D eigenvalue weighted by molar-refractivity contribution is -0.133. The van der Waals surface area contributed by atoms with Crippen molar-refractivity contribution in [1.29, 1.82) is 0 Å². The molecule has 1 aliphatic heterocycles. The van der Waals surface area contributed by atoms with E-state index in [1.54, 1.807) is 19.1 Å². The minimum atomic E-state index is -0.625. The molecule has 1 aliphatic rings. The van der Waals surface area contributed by atoms with Crippen molar-refractivity contribution >= 4 is 56.6 Å². The van der Waals surface area contributed by atoms with E-state index in [9.17, 15) is 9.59 Å². The fourth-order valence-corrected chi connectivity index (χ4v) is 3.00. The van der Waals surface area contributed by atoms with Crippen LogP contribution in [0.5, 0.6) is 0 Å². The van der Waals surface area contributed by atoms with Crippen molar-refractivity contribution in [3.63, 3.8) is 0 Å². The van der Waals surface area contributed by atoms with Crippen molar-refractivity contribution < 1.29 is 9.59 Å². The van der Waals surface area contributed by atoms with Gasteiger partial charge < -0.3 is 5.32 Å². The number of halogens is 3. The standard InChI is InChI=1S/C13H13BrCl2N2O2/c1-3-8-13(20)18(6(2)12(19)17-8)9-5-4-7(14)10(15)11(9)16/h4-6,8H,3H2,1-2H3,(H,17,19). The molecule has 0 aromatic heterocycles. The zero-order chi connectivity index (χ0) is 15.0. The summed E-state index contributed by atoms with van der Waals surface area (Å²) in [5.41, 5.74) is 0.450. The number of hydrogen-bond acceptors (Lipinski definition) is 2.